The fourth-order valence-electron chi connectivity index (χ4n) is 2.54. The number of nitrogens with two attached hydrogens (primary N) is 1. The fourth-order valence-corrected chi connectivity index (χ4v) is 4.11. The number of nitrogen functional groups attached to an aromatic ring is 1. The van der Waals surface area contributed by atoms with E-state index in [9.17, 15) is 13.2 Å². The van der Waals surface area contributed by atoms with Gasteiger partial charge in [0.25, 0.3) is 5.56 Å². The summed E-state index contributed by atoms with van der Waals surface area (Å²) in [5, 5.41) is 15.2. The summed E-state index contributed by atoms with van der Waals surface area (Å²) in [5.41, 5.74) is 5.49. The number of fused-ring (bicyclic) bond motifs is 1. The lowest BCUT2D eigenvalue weighted by atomic mass is 10.3. The van der Waals surface area contributed by atoms with Gasteiger partial charge < -0.3 is 15.4 Å². The second kappa shape index (κ2) is 5.52. The number of nitrogens with one attached hydrogen (secondary N) is 1. The molecule has 3 rings (SSSR count). The van der Waals surface area contributed by atoms with Crippen LogP contribution in [0.1, 0.15) is 0 Å². The van der Waals surface area contributed by atoms with Crippen LogP contribution >= 0.6 is 0 Å². The van der Waals surface area contributed by atoms with E-state index in [0.717, 1.165) is 0 Å². The molecule has 0 fully saturated rings. The lowest BCUT2D eigenvalue weighted by molar-refractivity contribution is 0.278. The number of nitrogens with zero attached hydrogens (tertiary/aromatic N) is 2. The standard InChI is InChI=1S/C14H14N4O4S/c15-13-12(23(21,22)9-4-2-1-3-5-9)10-8-16-17-14(20)11(10)18(13)6-7-19/h1-5,8,19H,6-7,15H2,(H,17,20). The summed E-state index contributed by atoms with van der Waals surface area (Å²) in [7, 11) is -3.93. The summed E-state index contributed by atoms with van der Waals surface area (Å²) in [4.78, 5) is 11.9. The zero-order chi connectivity index (χ0) is 16.6. The Hall–Kier alpha value is -2.65. The number of aliphatic hydroxyl groups is 1. The number of hydrogen-bond donors (Lipinski definition) is 3. The van der Waals surface area contributed by atoms with E-state index in [1.165, 1.54) is 22.9 Å². The predicted octanol–water partition coefficient (Wildman–Crippen LogP) is 0.132. The number of H-pyrrole nitrogens is 1. The van der Waals surface area contributed by atoms with Gasteiger partial charge >= 0.3 is 0 Å². The summed E-state index contributed by atoms with van der Waals surface area (Å²) in [6.07, 6.45) is 1.25. The summed E-state index contributed by atoms with van der Waals surface area (Å²) in [6, 6.07) is 7.79. The van der Waals surface area contributed by atoms with Crippen LogP contribution in [-0.4, -0.2) is 34.9 Å². The number of sulfone groups is 1. The van der Waals surface area contributed by atoms with Crippen LogP contribution in [-0.2, 0) is 16.4 Å². The molecule has 1 aromatic carbocycles. The monoisotopic (exact) mass is 334 g/mol. The third-order valence-electron chi connectivity index (χ3n) is 3.51. The van der Waals surface area contributed by atoms with Gasteiger partial charge in [-0.25, -0.2) is 13.5 Å². The van der Waals surface area contributed by atoms with E-state index in [-0.39, 0.29) is 39.7 Å². The van der Waals surface area contributed by atoms with E-state index in [0.29, 0.717) is 0 Å². The Balaban J connectivity index is 2.42. The van der Waals surface area contributed by atoms with Crippen molar-refractivity contribution in [2.24, 2.45) is 0 Å². The Bertz CT molecular complexity index is 1020. The highest BCUT2D eigenvalue weighted by Gasteiger charge is 2.29. The molecule has 0 aliphatic heterocycles. The van der Waals surface area contributed by atoms with Gasteiger partial charge in [-0.15, -0.1) is 0 Å². The van der Waals surface area contributed by atoms with Gasteiger partial charge in [-0.05, 0) is 12.1 Å². The molecule has 4 N–H and O–H groups in total. The number of rotatable bonds is 4. The van der Waals surface area contributed by atoms with Gasteiger partial charge in [0.15, 0.2) is 0 Å². The largest absolute Gasteiger partial charge is 0.395 e. The molecule has 3 aromatic rings. The van der Waals surface area contributed by atoms with Crippen molar-refractivity contribution in [1.82, 2.24) is 14.8 Å². The molecule has 0 amide bonds. The van der Waals surface area contributed by atoms with E-state index in [4.69, 9.17) is 10.8 Å². The molecule has 0 radical (unpaired) electrons. The van der Waals surface area contributed by atoms with E-state index >= 15 is 0 Å². The van der Waals surface area contributed by atoms with Gasteiger partial charge in [-0.3, -0.25) is 4.79 Å². The zero-order valence-electron chi connectivity index (χ0n) is 11.9. The Labute approximate surface area is 131 Å². The van der Waals surface area contributed by atoms with Crippen LogP contribution in [0.2, 0.25) is 0 Å². The molecule has 2 aromatic heterocycles. The molecule has 2 heterocycles. The Morgan fingerprint density at radius 2 is 1.96 bits per heavy atom. The number of aromatic nitrogens is 3. The average molecular weight is 334 g/mol. The van der Waals surface area contributed by atoms with Crippen LogP contribution in [0.5, 0.6) is 0 Å². The van der Waals surface area contributed by atoms with Crippen LogP contribution in [0.15, 0.2) is 51.1 Å². The third-order valence-corrected chi connectivity index (χ3v) is 5.37. The topological polar surface area (TPSA) is 131 Å². The van der Waals surface area contributed by atoms with Crippen LogP contribution in [0, 0.1) is 0 Å². The van der Waals surface area contributed by atoms with Crippen LogP contribution in [0.3, 0.4) is 0 Å². The first-order chi connectivity index (χ1) is 11.0. The van der Waals surface area contributed by atoms with Crippen molar-refractivity contribution in [2.45, 2.75) is 16.3 Å². The normalized spacial score (nSPS) is 11.9. The molecule has 0 bridgehead atoms. The van der Waals surface area contributed by atoms with Gasteiger partial charge in [0.2, 0.25) is 9.84 Å². The molecule has 120 valence electrons. The van der Waals surface area contributed by atoms with E-state index in [2.05, 4.69) is 10.2 Å². The molecule has 0 saturated heterocycles. The van der Waals surface area contributed by atoms with Crippen LogP contribution < -0.4 is 11.3 Å². The molecule has 0 saturated carbocycles. The van der Waals surface area contributed by atoms with Crippen molar-refractivity contribution in [3.63, 3.8) is 0 Å². The summed E-state index contributed by atoms with van der Waals surface area (Å²) in [5.74, 6) is -0.101. The van der Waals surface area contributed by atoms with E-state index < -0.39 is 15.4 Å². The first-order valence-corrected chi connectivity index (χ1v) is 8.23. The summed E-state index contributed by atoms with van der Waals surface area (Å²) >= 11 is 0. The third kappa shape index (κ3) is 2.30. The van der Waals surface area contributed by atoms with Crippen molar-refractivity contribution in [3.05, 3.63) is 46.9 Å². The molecule has 23 heavy (non-hydrogen) atoms. The molecule has 0 aliphatic carbocycles. The van der Waals surface area contributed by atoms with Crippen LogP contribution in [0.4, 0.5) is 5.82 Å². The minimum Gasteiger partial charge on any atom is -0.395 e. The molecular weight excluding hydrogens is 320 g/mol. The van der Waals surface area contributed by atoms with Crippen molar-refractivity contribution in [3.8, 4) is 0 Å². The number of aliphatic hydroxyl groups excluding tert-OH is 1. The highest BCUT2D eigenvalue weighted by atomic mass is 32.2. The van der Waals surface area contributed by atoms with Gasteiger partial charge in [-0.2, -0.15) is 5.10 Å². The predicted molar refractivity (Wildman–Crippen MR) is 83.7 cm³/mol. The number of aromatic amines is 1. The molecule has 8 nitrogen and oxygen atoms in total. The second-order valence-electron chi connectivity index (χ2n) is 4.87. The Morgan fingerprint density at radius 1 is 1.26 bits per heavy atom. The molecule has 0 atom stereocenters. The molecule has 0 unspecified atom stereocenters. The van der Waals surface area contributed by atoms with E-state index in [1.807, 2.05) is 0 Å². The van der Waals surface area contributed by atoms with Crippen molar-refractivity contribution in [1.29, 1.82) is 0 Å². The second-order valence-corrected chi connectivity index (χ2v) is 6.75. The molecular formula is C14H14N4O4S. The van der Waals surface area contributed by atoms with Gasteiger partial charge in [0, 0.05) is 11.9 Å². The smallest absolute Gasteiger partial charge is 0.288 e. The lowest BCUT2D eigenvalue weighted by Crippen LogP contribution is -2.14. The first-order valence-electron chi connectivity index (χ1n) is 6.75. The SMILES string of the molecule is Nc1c(S(=O)(=O)c2ccccc2)c2cn[nH]c(=O)c2n1CCO. The summed E-state index contributed by atoms with van der Waals surface area (Å²) < 4.78 is 27.1. The highest BCUT2D eigenvalue weighted by Crippen LogP contribution is 2.33. The zero-order valence-corrected chi connectivity index (χ0v) is 12.7. The quantitative estimate of drug-likeness (QED) is 0.621. The van der Waals surface area contributed by atoms with Crippen LogP contribution in [0.25, 0.3) is 10.9 Å². The van der Waals surface area contributed by atoms with Crippen molar-refractivity contribution >= 4 is 26.6 Å². The average Bonchev–Trinajstić information content (AvgIpc) is 2.83. The minimum atomic E-state index is -3.93. The highest BCUT2D eigenvalue weighted by molar-refractivity contribution is 7.92. The summed E-state index contributed by atoms with van der Waals surface area (Å²) in [6.45, 7) is -0.291. The number of anilines is 1. The molecule has 0 aliphatic rings. The van der Waals surface area contributed by atoms with Gasteiger partial charge in [-0.1, -0.05) is 18.2 Å². The number of benzene rings is 1. The first kappa shape index (κ1) is 15.3. The Kier molecular flexibility index (Phi) is 3.66. The maximum absolute atomic E-state index is 12.9. The Morgan fingerprint density at radius 3 is 2.61 bits per heavy atom. The van der Waals surface area contributed by atoms with E-state index in [1.54, 1.807) is 18.2 Å². The minimum absolute atomic E-state index is 0.000262. The lowest BCUT2D eigenvalue weighted by Gasteiger charge is -2.06. The van der Waals surface area contributed by atoms with Gasteiger partial charge in [0.05, 0.1) is 17.7 Å². The number of hydrogen-bond acceptors (Lipinski definition) is 6. The molecule has 9 heteroatoms. The van der Waals surface area contributed by atoms with Gasteiger partial charge in [0.1, 0.15) is 16.2 Å². The van der Waals surface area contributed by atoms with Crippen molar-refractivity contribution in [2.75, 3.05) is 12.3 Å². The molecule has 0 spiro atoms. The maximum atomic E-state index is 12.9. The fraction of sp³-hybridized carbons (Fsp3) is 0.143. The van der Waals surface area contributed by atoms with Crippen molar-refractivity contribution < 1.29 is 13.5 Å². The maximum Gasteiger partial charge on any atom is 0.288 e.